The Balaban J connectivity index is 0.00000484. The number of hydrogen-bond donors (Lipinski definition) is 0. The molecule has 1 aromatic rings. The summed E-state index contributed by atoms with van der Waals surface area (Å²) in [4.78, 5) is 0.238. The zero-order valence-electron chi connectivity index (χ0n) is 14.1. The summed E-state index contributed by atoms with van der Waals surface area (Å²) >= 11 is 0. The fraction of sp³-hybridized carbons (Fsp3) is 0.667. The van der Waals surface area contributed by atoms with Gasteiger partial charge in [0.2, 0.25) is 0 Å². The number of unbranched alkanes of at least 4 members (excludes halogenated alkanes) is 9. The molecule has 0 saturated heterocycles. The third kappa shape index (κ3) is 10.9. The molecule has 0 atom stereocenters. The first-order valence-corrected chi connectivity index (χ1v) is 10.0. The van der Waals surface area contributed by atoms with E-state index in [1.165, 1.54) is 51.4 Å². The third-order valence-corrected chi connectivity index (χ3v) is 5.09. The van der Waals surface area contributed by atoms with Crippen molar-refractivity contribution in [2.24, 2.45) is 0 Å². The van der Waals surface area contributed by atoms with Crippen LogP contribution in [0.25, 0.3) is 0 Å². The van der Waals surface area contributed by atoms with E-state index in [2.05, 4.69) is 6.92 Å². The van der Waals surface area contributed by atoms with Gasteiger partial charge in [-0.15, -0.1) is 0 Å². The monoisotopic (exact) mass is 385 g/mol. The normalized spacial score (nSPS) is 11.2. The Morgan fingerprint density at radius 1 is 0.783 bits per heavy atom. The van der Waals surface area contributed by atoms with Gasteiger partial charge >= 0.3 is 0 Å². The topological polar surface area (TPSA) is 43.4 Å². The van der Waals surface area contributed by atoms with Crippen LogP contribution in [0.1, 0.15) is 71.1 Å². The van der Waals surface area contributed by atoms with Gasteiger partial charge in [-0.1, -0.05) is 82.9 Å². The Morgan fingerprint density at radius 3 is 1.78 bits per heavy atom. The number of hydrogen-bond acceptors (Lipinski definition) is 3. The summed E-state index contributed by atoms with van der Waals surface area (Å²) in [5.74, 6) is 0. The minimum atomic E-state index is -3.57. The molecule has 0 saturated carbocycles. The molecule has 3 nitrogen and oxygen atoms in total. The minimum absolute atomic E-state index is 0. The second-order valence-corrected chi connectivity index (χ2v) is 7.39. The van der Waals surface area contributed by atoms with Gasteiger partial charge in [0.25, 0.3) is 10.1 Å². The van der Waals surface area contributed by atoms with Crippen molar-refractivity contribution in [2.75, 3.05) is 6.61 Å². The molecule has 0 aromatic heterocycles. The molecule has 0 bridgehead atoms. The first kappa shape index (κ1) is 22.6. The maximum atomic E-state index is 11.9. The summed E-state index contributed by atoms with van der Waals surface area (Å²) in [5.41, 5.74) is 0. The zero-order valence-corrected chi connectivity index (χ0v) is 16.0. The van der Waals surface area contributed by atoms with Crippen molar-refractivity contribution in [2.45, 2.75) is 76.0 Å². The van der Waals surface area contributed by atoms with Crippen LogP contribution in [-0.4, -0.2) is 15.0 Å². The molecule has 0 N–H and O–H groups in total. The summed E-state index contributed by atoms with van der Waals surface area (Å²) in [7, 11) is -3.57. The van der Waals surface area contributed by atoms with Crippen molar-refractivity contribution in [3.63, 3.8) is 0 Å². The average molecular weight is 385 g/mol. The molecule has 23 heavy (non-hydrogen) atoms. The van der Waals surface area contributed by atoms with Gasteiger partial charge in [-0.25, -0.2) is 0 Å². The van der Waals surface area contributed by atoms with E-state index in [-0.39, 0.29) is 28.3 Å². The third-order valence-electron chi connectivity index (χ3n) is 3.77. The first-order valence-electron chi connectivity index (χ1n) is 8.61. The van der Waals surface area contributed by atoms with E-state index < -0.39 is 10.1 Å². The standard InChI is InChI=1S/C18H30O3S.Co/c1-2-3-4-5-6-7-8-9-10-14-17-21-22(19,20)18-15-12-11-13-16-18;/h11-13,15-16H,2-10,14,17H2,1H3;. The molecule has 0 heterocycles. The van der Waals surface area contributed by atoms with Crippen LogP contribution in [0.15, 0.2) is 35.2 Å². The molecule has 0 unspecified atom stereocenters. The second-order valence-electron chi connectivity index (χ2n) is 5.77. The smallest absolute Gasteiger partial charge is 0.266 e. The second kappa shape index (κ2) is 14.0. The van der Waals surface area contributed by atoms with E-state index in [0.717, 1.165) is 12.8 Å². The van der Waals surface area contributed by atoms with E-state index in [9.17, 15) is 8.42 Å². The maximum absolute atomic E-state index is 11.9. The van der Waals surface area contributed by atoms with Crippen LogP contribution in [0, 0.1) is 0 Å². The fourth-order valence-electron chi connectivity index (χ4n) is 2.41. The molecular formula is C18H30CoO3S. The van der Waals surface area contributed by atoms with Gasteiger partial charge in [0.1, 0.15) is 0 Å². The van der Waals surface area contributed by atoms with Crippen molar-refractivity contribution < 1.29 is 29.4 Å². The van der Waals surface area contributed by atoms with E-state index in [4.69, 9.17) is 4.18 Å². The molecule has 0 spiro atoms. The van der Waals surface area contributed by atoms with Gasteiger partial charge in [-0.05, 0) is 18.6 Å². The molecule has 0 aliphatic heterocycles. The molecule has 1 aromatic carbocycles. The van der Waals surface area contributed by atoms with Crippen molar-refractivity contribution >= 4 is 10.1 Å². The summed E-state index contributed by atoms with van der Waals surface area (Å²) in [6.45, 7) is 2.52. The van der Waals surface area contributed by atoms with Gasteiger partial charge in [-0.3, -0.25) is 4.18 Å². The van der Waals surface area contributed by atoms with E-state index in [1.54, 1.807) is 30.3 Å². The van der Waals surface area contributed by atoms with Gasteiger partial charge in [0, 0.05) is 16.8 Å². The van der Waals surface area contributed by atoms with E-state index in [0.29, 0.717) is 0 Å². The Hall–Kier alpha value is -0.364. The van der Waals surface area contributed by atoms with Crippen LogP contribution in [-0.2, 0) is 31.1 Å². The largest absolute Gasteiger partial charge is 0.296 e. The molecule has 0 amide bonds. The fourth-order valence-corrected chi connectivity index (χ4v) is 3.38. The van der Waals surface area contributed by atoms with Gasteiger partial charge in [-0.2, -0.15) is 8.42 Å². The molecule has 1 rings (SSSR count). The molecule has 0 aliphatic carbocycles. The minimum Gasteiger partial charge on any atom is -0.266 e. The Morgan fingerprint density at radius 2 is 1.26 bits per heavy atom. The van der Waals surface area contributed by atoms with Crippen LogP contribution >= 0.6 is 0 Å². The Labute approximate surface area is 152 Å². The molecule has 1 radical (unpaired) electrons. The van der Waals surface area contributed by atoms with Crippen LogP contribution in [0.4, 0.5) is 0 Å². The Bertz CT molecular complexity index is 474. The molecule has 0 fully saturated rings. The SMILES string of the molecule is CCCCCCCCCCCCOS(=O)(=O)c1ccccc1.[Co]. The van der Waals surface area contributed by atoms with Crippen molar-refractivity contribution in [3.8, 4) is 0 Å². The van der Waals surface area contributed by atoms with Crippen molar-refractivity contribution in [3.05, 3.63) is 30.3 Å². The van der Waals surface area contributed by atoms with Crippen LogP contribution in [0.3, 0.4) is 0 Å². The number of benzene rings is 1. The summed E-state index contributed by atoms with van der Waals surface area (Å²) in [6.07, 6.45) is 12.3. The van der Waals surface area contributed by atoms with Gasteiger partial charge < -0.3 is 0 Å². The summed E-state index contributed by atoms with van der Waals surface area (Å²) in [6, 6.07) is 8.33. The van der Waals surface area contributed by atoms with Crippen LogP contribution in [0.2, 0.25) is 0 Å². The molecule has 0 aliphatic rings. The van der Waals surface area contributed by atoms with Gasteiger partial charge in [0.05, 0.1) is 11.5 Å². The molecule has 5 heteroatoms. The average Bonchev–Trinajstić information content (AvgIpc) is 2.53. The predicted molar refractivity (Wildman–Crippen MR) is 91.4 cm³/mol. The van der Waals surface area contributed by atoms with Crippen LogP contribution in [0.5, 0.6) is 0 Å². The molecule has 135 valence electrons. The predicted octanol–water partition coefficient (Wildman–Crippen LogP) is 5.31. The van der Waals surface area contributed by atoms with Gasteiger partial charge in [0.15, 0.2) is 0 Å². The van der Waals surface area contributed by atoms with Crippen molar-refractivity contribution in [1.29, 1.82) is 0 Å². The quantitative estimate of drug-likeness (QED) is 0.341. The maximum Gasteiger partial charge on any atom is 0.296 e. The van der Waals surface area contributed by atoms with Crippen molar-refractivity contribution in [1.82, 2.24) is 0 Å². The zero-order chi connectivity index (χ0) is 16.1. The van der Waals surface area contributed by atoms with Crippen LogP contribution < -0.4 is 0 Å². The Kier molecular flexibility index (Phi) is 13.8. The molecular weight excluding hydrogens is 355 g/mol. The summed E-state index contributed by atoms with van der Waals surface area (Å²) in [5, 5.41) is 0. The van der Waals surface area contributed by atoms with E-state index in [1.807, 2.05) is 0 Å². The number of rotatable bonds is 13. The van der Waals surface area contributed by atoms with E-state index >= 15 is 0 Å². The first-order chi connectivity index (χ1) is 10.7. The summed E-state index contributed by atoms with van der Waals surface area (Å²) < 4.78 is 28.8.